The molecule has 25 heavy (non-hydrogen) atoms. The maximum absolute atomic E-state index is 5.22. The molecule has 0 aliphatic heterocycles. The fourth-order valence-electron chi connectivity index (χ4n) is 3.28. The molecule has 152 valence electrons. The number of hydrogen-bond donors (Lipinski definition) is 0. The summed E-state index contributed by atoms with van der Waals surface area (Å²) in [5.74, 6) is 0. The molecule has 0 aromatic heterocycles. The van der Waals surface area contributed by atoms with E-state index in [-0.39, 0.29) is 6.29 Å². The van der Waals surface area contributed by atoms with Gasteiger partial charge in [-0.3, -0.25) is 0 Å². The van der Waals surface area contributed by atoms with E-state index in [4.69, 9.17) is 9.47 Å². The van der Waals surface area contributed by atoms with Crippen molar-refractivity contribution >= 4 is 8.58 Å². The minimum absolute atomic E-state index is 0.0133. The highest BCUT2D eigenvalue weighted by atomic mass is 31.1. The molecule has 1 unspecified atom stereocenters. The van der Waals surface area contributed by atoms with Crippen LogP contribution >= 0.6 is 8.58 Å². The second-order valence-corrected chi connectivity index (χ2v) is 8.82. The Balaban J connectivity index is 3.03. The van der Waals surface area contributed by atoms with E-state index in [1.165, 1.54) is 109 Å². The average molecular weight is 375 g/mol. The van der Waals surface area contributed by atoms with Gasteiger partial charge < -0.3 is 9.47 Å². The van der Waals surface area contributed by atoms with Crippen molar-refractivity contribution in [1.29, 1.82) is 0 Å². The summed E-state index contributed by atoms with van der Waals surface area (Å²) < 4.78 is 10.4. The maximum atomic E-state index is 5.22. The van der Waals surface area contributed by atoms with E-state index >= 15 is 0 Å². The van der Waals surface area contributed by atoms with E-state index in [1.807, 2.05) is 0 Å². The van der Waals surface area contributed by atoms with Gasteiger partial charge in [-0.2, -0.15) is 0 Å². The Kier molecular flexibility index (Phi) is 22.7. The first-order valence-corrected chi connectivity index (χ1v) is 12.5. The van der Waals surface area contributed by atoms with Gasteiger partial charge in [0.15, 0.2) is 6.29 Å². The zero-order valence-electron chi connectivity index (χ0n) is 17.6. The monoisotopic (exact) mass is 374 g/mol. The number of unbranched alkanes of at least 4 members (excludes halogenated alkanes) is 15. The summed E-state index contributed by atoms with van der Waals surface area (Å²) in [6.45, 7) is 2.29. The van der Waals surface area contributed by atoms with Crippen molar-refractivity contribution in [3.8, 4) is 0 Å². The van der Waals surface area contributed by atoms with Gasteiger partial charge in [-0.05, 0) is 12.6 Å². The van der Waals surface area contributed by atoms with Crippen LogP contribution in [0.3, 0.4) is 0 Å². The van der Waals surface area contributed by atoms with Crippen LogP contribution in [0.5, 0.6) is 0 Å². The molecule has 0 saturated heterocycles. The number of hydrogen-bond acceptors (Lipinski definition) is 2. The highest BCUT2D eigenvalue weighted by molar-refractivity contribution is 7.38. The van der Waals surface area contributed by atoms with Crippen LogP contribution in [0, 0.1) is 0 Å². The number of rotatable bonds is 21. The van der Waals surface area contributed by atoms with Crippen molar-refractivity contribution in [1.82, 2.24) is 0 Å². The Morgan fingerprint density at radius 1 is 0.560 bits per heavy atom. The van der Waals surface area contributed by atoms with Gasteiger partial charge in [-0.1, -0.05) is 103 Å². The van der Waals surface area contributed by atoms with Crippen LogP contribution in [-0.2, 0) is 9.47 Å². The molecule has 0 bridgehead atoms. The predicted octanol–water partition coefficient (Wildman–Crippen LogP) is 7.55. The van der Waals surface area contributed by atoms with E-state index in [0.29, 0.717) is 0 Å². The molecule has 3 heteroatoms. The summed E-state index contributed by atoms with van der Waals surface area (Å²) in [4.78, 5) is 0. The zero-order valence-corrected chi connectivity index (χ0v) is 18.6. The lowest BCUT2D eigenvalue weighted by Crippen LogP contribution is -2.15. The molecular formula is C22H47O2P. The molecule has 0 amide bonds. The standard InChI is InChI=1S/C22H47O2P/c1-4-5-6-7-8-9-10-11-12-13-14-15-16-17-18-19-20-25-21-22(23-2)24-3/h22,25H,4-21H2,1-3H3. The van der Waals surface area contributed by atoms with Gasteiger partial charge >= 0.3 is 0 Å². The smallest absolute Gasteiger partial charge is 0.160 e. The van der Waals surface area contributed by atoms with Crippen molar-refractivity contribution in [2.75, 3.05) is 26.5 Å². The van der Waals surface area contributed by atoms with Crippen LogP contribution in [0.15, 0.2) is 0 Å². The minimum Gasteiger partial charge on any atom is -0.356 e. The first-order chi connectivity index (χ1) is 12.3. The molecule has 0 saturated carbocycles. The first kappa shape index (κ1) is 25.4. The van der Waals surface area contributed by atoms with Crippen LogP contribution in [0.25, 0.3) is 0 Å². The van der Waals surface area contributed by atoms with Gasteiger partial charge in [0, 0.05) is 20.4 Å². The Bertz CT molecular complexity index is 232. The van der Waals surface area contributed by atoms with Crippen LogP contribution < -0.4 is 0 Å². The third kappa shape index (κ3) is 20.5. The molecule has 0 heterocycles. The Hall–Kier alpha value is 0.350. The number of ether oxygens (including phenoxy) is 2. The minimum atomic E-state index is 0.0133. The van der Waals surface area contributed by atoms with Gasteiger partial charge in [-0.25, -0.2) is 0 Å². The van der Waals surface area contributed by atoms with E-state index in [9.17, 15) is 0 Å². The normalized spacial score (nSPS) is 12.0. The summed E-state index contributed by atoms with van der Waals surface area (Å²) in [6.07, 6.45) is 25.5. The van der Waals surface area contributed by atoms with Crippen LogP contribution in [0.4, 0.5) is 0 Å². The van der Waals surface area contributed by atoms with Crippen molar-refractivity contribution in [3.05, 3.63) is 0 Å². The third-order valence-electron chi connectivity index (χ3n) is 5.04. The number of methoxy groups -OCH3 is 2. The molecule has 0 aromatic rings. The second kappa shape index (κ2) is 22.4. The molecular weight excluding hydrogens is 327 g/mol. The molecule has 0 fully saturated rings. The summed E-state index contributed by atoms with van der Waals surface area (Å²) in [6, 6.07) is 0. The lowest BCUT2D eigenvalue weighted by atomic mass is 10.0. The molecule has 0 radical (unpaired) electrons. The topological polar surface area (TPSA) is 18.5 Å². The van der Waals surface area contributed by atoms with E-state index in [1.54, 1.807) is 14.2 Å². The predicted molar refractivity (Wildman–Crippen MR) is 115 cm³/mol. The summed E-state index contributed by atoms with van der Waals surface area (Å²) in [7, 11) is 4.45. The molecule has 0 aliphatic rings. The van der Waals surface area contributed by atoms with Crippen LogP contribution in [-0.4, -0.2) is 32.8 Å². The molecule has 0 N–H and O–H groups in total. The molecule has 0 aromatic carbocycles. The van der Waals surface area contributed by atoms with E-state index in [0.717, 1.165) is 14.7 Å². The van der Waals surface area contributed by atoms with Crippen molar-refractivity contribution < 1.29 is 9.47 Å². The fourth-order valence-corrected chi connectivity index (χ4v) is 4.55. The van der Waals surface area contributed by atoms with E-state index < -0.39 is 0 Å². The Morgan fingerprint density at radius 2 is 0.920 bits per heavy atom. The lowest BCUT2D eigenvalue weighted by Gasteiger charge is -2.12. The Labute approximate surface area is 161 Å². The van der Waals surface area contributed by atoms with Crippen LogP contribution in [0.1, 0.15) is 110 Å². The van der Waals surface area contributed by atoms with Gasteiger partial charge in [0.25, 0.3) is 0 Å². The maximum Gasteiger partial charge on any atom is 0.160 e. The fraction of sp³-hybridized carbons (Fsp3) is 1.00. The molecule has 1 atom stereocenters. The van der Waals surface area contributed by atoms with Crippen molar-refractivity contribution in [3.63, 3.8) is 0 Å². The summed E-state index contributed by atoms with van der Waals surface area (Å²) >= 11 is 0. The first-order valence-electron chi connectivity index (χ1n) is 11.1. The summed E-state index contributed by atoms with van der Waals surface area (Å²) in [5, 5.41) is 0. The highest BCUT2D eigenvalue weighted by Crippen LogP contribution is 2.18. The Morgan fingerprint density at radius 3 is 1.28 bits per heavy atom. The van der Waals surface area contributed by atoms with Gasteiger partial charge in [-0.15, -0.1) is 8.58 Å². The van der Waals surface area contributed by atoms with Crippen molar-refractivity contribution in [2.45, 2.75) is 116 Å². The highest BCUT2D eigenvalue weighted by Gasteiger charge is 2.03. The molecule has 2 nitrogen and oxygen atoms in total. The van der Waals surface area contributed by atoms with Crippen molar-refractivity contribution in [2.24, 2.45) is 0 Å². The van der Waals surface area contributed by atoms with Crippen LogP contribution in [0.2, 0.25) is 0 Å². The lowest BCUT2D eigenvalue weighted by molar-refractivity contribution is -0.0846. The third-order valence-corrected chi connectivity index (χ3v) is 6.37. The second-order valence-electron chi connectivity index (χ2n) is 7.41. The summed E-state index contributed by atoms with van der Waals surface area (Å²) in [5.41, 5.74) is 0. The molecule has 0 spiro atoms. The van der Waals surface area contributed by atoms with Gasteiger partial charge in [0.2, 0.25) is 0 Å². The van der Waals surface area contributed by atoms with Gasteiger partial charge in [0.05, 0.1) is 0 Å². The SMILES string of the molecule is CCCCCCCCCCCCCCCCCCPCC(OC)OC. The molecule has 0 rings (SSSR count). The quantitative estimate of drug-likeness (QED) is 0.117. The molecule has 0 aliphatic carbocycles. The average Bonchev–Trinajstić information content (AvgIpc) is 2.64. The van der Waals surface area contributed by atoms with E-state index in [2.05, 4.69) is 6.92 Å². The van der Waals surface area contributed by atoms with Gasteiger partial charge in [0.1, 0.15) is 0 Å². The largest absolute Gasteiger partial charge is 0.356 e. The zero-order chi connectivity index (χ0) is 18.4.